The quantitative estimate of drug-likeness (QED) is 0.712. The lowest BCUT2D eigenvalue weighted by atomic mass is 10.3. The Balaban J connectivity index is 1.78. The fourth-order valence-corrected chi connectivity index (χ4v) is 2.28. The van der Waals surface area contributed by atoms with Gasteiger partial charge in [0, 0.05) is 38.6 Å². The van der Waals surface area contributed by atoms with Crippen molar-refractivity contribution in [2.75, 3.05) is 33.9 Å². The molecule has 0 aliphatic carbocycles. The molecule has 6 heteroatoms. The van der Waals surface area contributed by atoms with Crippen molar-refractivity contribution >= 4 is 5.91 Å². The second kappa shape index (κ2) is 9.07. The normalized spacial score (nSPS) is 10.9. The van der Waals surface area contributed by atoms with Gasteiger partial charge in [-0.2, -0.15) is 5.10 Å². The van der Waals surface area contributed by atoms with Crippen LogP contribution in [0, 0.1) is 0 Å². The number of benzene rings is 1. The number of rotatable bonds is 9. The smallest absolute Gasteiger partial charge is 0.234 e. The number of carbonyl (C=O) groups excluding carboxylic acids is 1. The minimum absolute atomic E-state index is 0.0269. The topological polar surface area (TPSA) is 59.4 Å². The number of nitrogens with one attached hydrogen (secondary N) is 1. The van der Waals surface area contributed by atoms with Crippen molar-refractivity contribution in [3.63, 3.8) is 0 Å². The van der Waals surface area contributed by atoms with Crippen LogP contribution in [-0.4, -0.2) is 54.4 Å². The molecule has 0 unspecified atom stereocenters. The van der Waals surface area contributed by atoms with Crippen LogP contribution in [0.25, 0.3) is 5.69 Å². The van der Waals surface area contributed by atoms with E-state index in [1.165, 1.54) is 0 Å². The Kier molecular flexibility index (Phi) is 6.77. The first-order chi connectivity index (χ1) is 11.2. The molecular formula is C17H24N4O2. The monoisotopic (exact) mass is 316 g/mol. The zero-order chi connectivity index (χ0) is 16.5. The van der Waals surface area contributed by atoms with E-state index >= 15 is 0 Å². The SMILES string of the molecule is COCCCNC(=O)CN(C)Cc1cnn(-c2ccccc2)c1. The van der Waals surface area contributed by atoms with E-state index < -0.39 is 0 Å². The largest absolute Gasteiger partial charge is 0.385 e. The van der Waals surface area contributed by atoms with Crippen molar-refractivity contribution in [3.05, 3.63) is 48.3 Å². The third-order valence-electron chi connectivity index (χ3n) is 3.37. The van der Waals surface area contributed by atoms with Crippen LogP contribution in [0.4, 0.5) is 0 Å². The molecule has 0 aliphatic heterocycles. The van der Waals surface area contributed by atoms with E-state index in [1.807, 2.05) is 59.4 Å². The number of hydrogen-bond donors (Lipinski definition) is 1. The summed E-state index contributed by atoms with van der Waals surface area (Å²) in [7, 11) is 3.58. The Morgan fingerprint density at radius 3 is 2.87 bits per heavy atom. The number of amides is 1. The Morgan fingerprint density at radius 2 is 2.13 bits per heavy atom. The first-order valence-corrected chi connectivity index (χ1v) is 7.72. The van der Waals surface area contributed by atoms with E-state index in [4.69, 9.17) is 4.74 Å². The van der Waals surface area contributed by atoms with Crippen molar-refractivity contribution in [3.8, 4) is 5.69 Å². The molecule has 0 spiro atoms. The zero-order valence-electron chi connectivity index (χ0n) is 13.7. The fourth-order valence-electron chi connectivity index (χ4n) is 2.28. The van der Waals surface area contributed by atoms with Gasteiger partial charge in [-0.3, -0.25) is 9.69 Å². The molecule has 6 nitrogen and oxygen atoms in total. The molecule has 0 atom stereocenters. The van der Waals surface area contributed by atoms with Gasteiger partial charge >= 0.3 is 0 Å². The molecule has 23 heavy (non-hydrogen) atoms. The summed E-state index contributed by atoms with van der Waals surface area (Å²) in [6.07, 6.45) is 4.65. The zero-order valence-corrected chi connectivity index (χ0v) is 13.7. The van der Waals surface area contributed by atoms with E-state index in [0.29, 0.717) is 26.2 Å². The lowest BCUT2D eigenvalue weighted by molar-refractivity contribution is -0.122. The van der Waals surface area contributed by atoms with Gasteiger partial charge in [0.1, 0.15) is 0 Å². The predicted molar refractivity (Wildman–Crippen MR) is 89.4 cm³/mol. The van der Waals surface area contributed by atoms with E-state index in [0.717, 1.165) is 17.7 Å². The van der Waals surface area contributed by atoms with Crippen molar-refractivity contribution in [2.45, 2.75) is 13.0 Å². The molecule has 0 saturated carbocycles. The molecule has 1 aromatic heterocycles. The number of ether oxygens (including phenoxy) is 1. The van der Waals surface area contributed by atoms with Gasteiger partial charge < -0.3 is 10.1 Å². The van der Waals surface area contributed by atoms with E-state index in [1.54, 1.807) is 7.11 Å². The minimum Gasteiger partial charge on any atom is -0.385 e. The van der Waals surface area contributed by atoms with E-state index in [-0.39, 0.29) is 5.91 Å². The standard InChI is InChI=1S/C17H24N4O2/c1-20(14-17(22)18-9-6-10-23-2)12-15-11-19-21(13-15)16-7-4-3-5-8-16/h3-5,7-8,11,13H,6,9-10,12,14H2,1-2H3,(H,18,22). The highest BCUT2D eigenvalue weighted by molar-refractivity contribution is 5.77. The molecule has 1 heterocycles. The Morgan fingerprint density at radius 1 is 1.35 bits per heavy atom. The van der Waals surface area contributed by atoms with E-state index in [2.05, 4.69) is 10.4 Å². The second-order valence-corrected chi connectivity index (χ2v) is 5.50. The van der Waals surface area contributed by atoms with Gasteiger partial charge in [-0.1, -0.05) is 18.2 Å². The molecule has 2 aromatic rings. The van der Waals surface area contributed by atoms with Gasteiger partial charge in [-0.05, 0) is 25.6 Å². The number of nitrogens with zero attached hydrogens (tertiary/aromatic N) is 3. The molecule has 1 amide bonds. The third kappa shape index (κ3) is 5.84. The summed E-state index contributed by atoms with van der Waals surface area (Å²) >= 11 is 0. The maximum atomic E-state index is 11.8. The first kappa shape index (κ1) is 17.2. The molecule has 1 N–H and O–H groups in total. The maximum Gasteiger partial charge on any atom is 0.234 e. The second-order valence-electron chi connectivity index (χ2n) is 5.50. The highest BCUT2D eigenvalue weighted by atomic mass is 16.5. The van der Waals surface area contributed by atoms with Gasteiger partial charge in [0.25, 0.3) is 0 Å². The van der Waals surface area contributed by atoms with Crippen LogP contribution < -0.4 is 5.32 Å². The van der Waals surface area contributed by atoms with Crippen molar-refractivity contribution < 1.29 is 9.53 Å². The van der Waals surface area contributed by atoms with Crippen LogP contribution in [-0.2, 0) is 16.1 Å². The number of hydrogen-bond acceptors (Lipinski definition) is 4. The number of aromatic nitrogens is 2. The summed E-state index contributed by atoms with van der Waals surface area (Å²) in [5.41, 5.74) is 2.10. The molecular weight excluding hydrogens is 292 g/mol. The Bertz CT molecular complexity index is 598. The van der Waals surface area contributed by atoms with Crippen molar-refractivity contribution in [1.82, 2.24) is 20.0 Å². The number of methoxy groups -OCH3 is 1. The summed E-state index contributed by atoms with van der Waals surface area (Å²) in [5, 5.41) is 7.25. The molecule has 2 rings (SSSR count). The van der Waals surface area contributed by atoms with Crippen LogP contribution in [0.2, 0.25) is 0 Å². The van der Waals surface area contributed by atoms with Gasteiger partial charge in [-0.15, -0.1) is 0 Å². The lowest BCUT2D eigenvalue weighted by Crippen LogP contribution is -2.35. The van der Waals surface area contributed by atoms with E-state index in [9.17, 15) is 4.79 Å². The highest BCUT2D eigenvalue weighted by Crippen LogP contribution is 2.08. The van der Waals surface area contributed by atoms with Gasteiger partial charge in [0.15, 0.2) is 0 Å². The number of carbonyl (C=O) groups is 1. The Hall–Kier alpha value is -2.18. The van der Waals surface area contributed by atoms with Crippen LogP contribution in [0.3, 0.4) is 0 Å². The summed E-state index contributed by atoms with van der Waals surface area (Å²) in [4.78, 5) is 13.8. The van der Waals surface area contributed by atoms with Crippen LogP contribution in [0.1, 0.15) is 12.0 Å². The van der Waals surface area contributed by atoms with Gasteiger partial charge in [-0.25, -0.2) is 4.68 Å². The summed E-state index contributed by atoms with van der Waals surface area (Å²) in [6, 6.07) is 9.96. The summed E-state index contributed by atoms with van der Waals surface area (Å²) in [5.74, 6) is 0.0269. The van der Waals surface area contributed by atoms with Gasteiger partial charge in [0.2, 0.25) is 5.91 Å². The minimum atomic E-state index is 0.0269. The molecule has 0 radical (unpaired) electrons. The van der Waals surface area contributed by atoms with Crippen LogP contribution in [0.15, 0.2) is 42.7 Å². The number of para-hydroxylation sites is 1. The van der Waals surface area contributed by atoms with Crippen LogP contribution in [0.5, 0.6) is 0 Å². The van der Waals surface area contributed by atoms with Crippen molar-refractivity contribution in [1.29, 1.82) is 0 Å². The van der Waals surface area contributed by atoms with Gasteiger partial charge in [0.05, 0.1) is 18.4 Å². The number of likely N-dealkylation sites (N-methyl/N-ethyl adjacent to an activating group) is 1. The molecule has 1 aromatic carbocycles. The summed E-state index contributed by atoms with van der Waals surface area (Å²) < 4.78 is 6.79. The summed E-state index contributed by atoms with van der Waals surface area (Å²) in [6.45, 7) is 2.35. The first-order valence-electron chi connectivity index (χ1n) is 7.72. The molecule has 124 valence electrons. The van der Waals surface area contributed by atoms with Crippen LogP contribution >= 0.6 is 0 Å². The maximum absolute atomic E-state index is 11.8. The Labute approximate surface area is 137 Å². The van der Waals surface area contributed by atoms with Crippen molar-refractivity contribution in [2.24, 2.45) is 0 Å². The lowest BCUT2D eigenvalue weighted by Gasteiger charge is -2.15. The average Bonchev–Trinajstić information content (AvgIpc) is 3.00. The molecule has 0 fully saturated rings. The highest BCUT2D eigenvalue weighted by Gasteiger charge is 2.08. The third-order valence-corrected chi connectivity index (χ3v) is 3.37. The average molecular weight is 316 g/mol. The fraction of sp³-hybridized carbons (Fsp3) is 0.412. The molecule has 0 saturated heterocycles. The molecule has 0 bridgehead atoms. The predicted octanol–water partition coefficient (Wildman–Crippen LogP) is 1.46. The molecule has 0 aliphatic rings.